The molecule has 6 heteroatoms. The number of hydroxylamine groups is 1. The van der Waals surface area contributed by atoms with Gasteiger partial charge in [0.25, 0.3) is 0 Å². The number of furan rings is 1. The van der Waals surface area contributed by atoms with E-state index in [2.05, 4.69) is 36.4 Å². The summed E-state index contributed by atoms with van der Waals surface area (Å²) in [6, 6.07) is 11.9. The Hall–Kier alpha value is -2.86. The zero-order chi connectivity index (χ0) is 19.9. The Balaban J connectivity index is 1.48. The molecular weight excluding hydrogens is 356 g/mol. The van der Waals surface area contributed by atoms with E-state index in [0.717, 1.165) is 24.2 Å². The molecule has 0 saturated carbocycles. The Labute approximate surface area is 164 Å². The molecule has 1 aromatic carbocycles. The van der Waals surface area contributed by atoms with E-state index >= 15 is 0 Å². The Bertz CT molecular complexity index is 880. The fourth-order valence-corrected chi connectivity index (χ4v) is 2.82. The lowest BCUT2D eigenvalue weighted by Crippen LogP contribution is -2.26. The van der Waals surface area contributed by atoms with Crippen LogP contribution < -0.4 is 5.48 Å². The molecule has 2 heterocycles. The summed E-state index contributed by atoms with van der Waals surface area (Å²) in [7, 11) is 0. The molecule has 0 aliphatic heterocycles. The number of aromatic nitrogens is 1. The van der Waals surface area contributed by atoms with Gasteiger partial charge >= 0.3 is 0 Å². The standard InChI is InChI=1S/C22H26N2O4/c1-15(2)17-8-10-18(11-9-17)22-23-20(16(3)28-22)14-21(25)24-27-13-5-7-19-6-4-12-26-19/h4,6,8-12,15H,5,7,13-14H2,1-3H3,(H,24,25). The smallest absolute Gasteiger partial charge is 0.249 e. The van der Waals surface area contributed by atoms with Gasteiger partial charge < -0.3 is 8.83 Å². The van der Waals surface area contributed by atoms with Crippen LogP contribution in [0.1, 0.15) is 49.0 Å². The van der Waals surface area contributed by atoms with Gasteiger partial charge in [0.05, 0.1) is 25.0 Å². The van der Waals surface area contributed by atoms with Crippen molar-refractivity contribution in [2.45, 2.75) is 46.0 Å². The predicted octanol–water partition coefficient (Wildman–Crippen LogP) is 4.59. The summed E-state index contributed by atoms with van der Waals surface area (Å²) in [5, 5.41) is 0. The lowest BCUT2D eigenvalue weighted by Gasteiger charge is -2.05. The van der Waals surface area contributed by atoms with Crippen molar-refractivity contribution >= 4 is 5.91 Å². The molecule has 3 rings (SSSR count). The summed E-state index contributed by atoms with van der Waals surface area (Å²) >= 11 is 0. The van der Waals surface area contributed by atoms with E-state index in [1.165, 1.54) is 5.56 Å². The number of aryl methyl sites for hydroxylation is 2. The van der Waals surface area contributed by atoms with Crippen LogP contribution in [0.5, 0.6) is 0 Å². The first-order chi connectivity index (χ1) is 13.5. The number of benzene rings is 1. The van der Waals surface area contributed by atoms with Crippen molar-refractivity contribution in [3.05, 3.63) is 65.4 Å². The van der Waals surface area contributed by atoms with Gasteiger partial charge in [0.1, 0.15) is 11.5 Å². The van der Waals surface area contributed by atoms with Gasteiger partial charge in [-0.2, -0.15) is 0 Å². The maximum absolute atomic E-state index is 12.1. The average Bonchev–Trinajstić information content (AvgIpc) is 3.32. The molecule has 0 aliphatic rings. The summed E-state index contributed by atoms with van der Waals surface area (Å²) in [5.41, 5.74) is 5.22. The topological polar surface area (TPSA) is 77.5 Å². The molecule has 1 amide bonds. The van der Waals surface area contributed by atoms with Crippen molar-refractivity contribution in [1.82, 2.24) is 10.5 Å². The van der Waals surface area contributed by atoms with Crippen molar-refractivity contribution in [3.8, 4) is 11.5 Å². The Morgan fingerprint density at radius 3 is 2.68 bits per heavy atom. The first-order valence-corrected chi connectivity index (χ1v) is 9.52. The summed E-state index contributed by atoms with van der Waals surface area (Å²) in [6.07, 6.45) is 3.28. The molecule has 6 nitrogen and oxygen atoms in total. The largest absolute Gasteiger partial charge is 0.469 e. The van der Waals surface area contributed by atoms with Crippen LogP contribution in [0.25, 0.3) is 11.5 Å². The number of nitrogens with one attached hydrogen (secondary N) is 1. The predicted molar refractivity (Wildman–Crippen MR) is 106 cm³/mol. The van der Waals surface area contributed by atoms with Crippen LogP contribution >= 0.6 is 0 Å². The molecule has 0 unspecified atom stereocenters. The molecule has 0 radical (unpaired) electrons. The third-order valence-corrected chi connectivity index (χ3v) is 4.48. The molecule has 0 saturated heterocycles. The summed E-state index contributed by atoms with van der Waals surface area (Å²) in [6.45, 7) is 6.53. The first-order valence-electron chi connectivity index (χ1n) is 9.52. The van der Waals surface area contributed by atoms with Crippen molar-refractivity contribution in [3.63, 3.8) is 0 Å². The van der Waals surface area contributed by atoms with Crippen LogP contribution in [-0.2, 0) is 22.5 Å². The Kier molecular flexibility index (Phi) is 6.66. The van der Waals surface area contributed by atoms with E-state index in [1.807, 2.05) is 31.2 Å². The highest BCUT2D eigenvalue weighted by Gasteiger charge is 2.15. The van der Waals surface area contributed by atoms with Gasteiger partial charge in [-0.05, 0) is 49.1 Å². The Morgan fingerprint density at radius 1 is 1.21 bits per heavy atom. The average molecular weight is 382 g/mol. The van der Waals surface area contributed by atoms with Gasteiger partial charge in [0.2, 0.25) is 11.8 Å². The van der Waals surface area contributed by atoms with Gasteiger partial charge in [0.15, 0.2) is 0 Å². The van der Waals surface area contributed by atoms with E-state index in [9.17, 15) is 4.79 Å². The second-order valence-electron chi connectivity index (χ2n) is 7.03. The fourth-order valence-electron chi connectivity index (χ4n) is 2.82. The normalized spacial score (nSPS) is 11.1. The number of hydrogen-bond acceptors (Lipinski definition) is 5. The van der Waals surface area contributed by atoms with Crippen molar-refractivity contribution in [2.24, 2.45) is 0 Å². The van der Waals surface area contributed by atoms with Crippen molar-refractivity contribution < 1.29 is 18.5 Å². The quantitative estimate of drug-likeness (QED) is 0.433. The third kappa shape index (κ3) is 5.33. The molecular formula is C22H26N2O4. The maximum atomic E-state index is 12.1. The number of nitrogens with zero attached hydrogens (tertiary/aromatic N) is 1. The molecule has 28 heavy (non-hydrogen) atoms. The molecule has 0 fully saturated rings. The van der Waals surface area contributed by atoms with E-state index in [4.69, 9.17) is 13.7 Å². The molecule has 0 aliphatic carbocycles. The van der Waals surface area contributed by atoms with Gasteiger partial charge in [0, 0.05) is 12.0 Å². The van der Waals surface area contributed by atoms with Gasteiger partial charge in [-0.25, -0.2) is 10.5 Å². The van der Waals surface area contributed by atoms with Gasteiger partial charge in [-0.15, -0.1) is 0 Å². The molecule has 3 aromatic rings. The second-order valence-corrected chi connectivity index (χ2v) is 7.03. The highest BCUT2D eigenvalue weighted by atomic mass is 16.6. The molecule has 0 atom stereocenters. The SMILES string of the molecule is Cc1oc(-c2ccc(C(C)C)cc2)nc1CC(=O)NOCCCc1ccco1. The fraction of sp³-hybridized carbons (Fsp3) is 0.364. The number of carbonyl (C=O) groups excluding carboxylic acids is 1. The minimum absolute atomic E-state index is 0.109. The number of rotatable bonds is 9. The minimum Gasteiger partial charge on any atom is -0.469 e. The maximum Gasteiger partial charge on any atom is 0.249 e. The van der Waals surface area contributed by atoms with Gasteiger partial charge in [-0.1, -0.05) is 26.0 Å². The van der Waals surface area contributed by atoms with Crippen molar-refractivity contribution in [2.75, 3.05) is 6.61 Å². The zero-order valence-corrected chi connectivity index (χ0v) is 16.5. The van der Waals surface area contributed by atoms with Crippen LogP contribution in [0.4, 0.5) is 0 Å². The number of amides is 1. The van der Waals surface area contributed by atoms with E-state index in [0.29, 0.717) is 29.9 Å². The summed E-state index contributed by atoms with van der Waals surface area (Å²) in [4.78, 5) is 21.8. The highest BCUT2D eigenvalue weighted by molar-refractivity contribution is 5.77. The number of hydrogen-bond donors (Lipinski definition) is 1. The number of carbonyl (C=O) groups is 1. The van der Waals surface area contributed by atoms with Crippen LogP contribution in [0, 0.1) is 6.92 Å². The van der Waals surface area contributed by atoms with Crippen LogP contribution in [0.2, 0.25) is 0 Å². The van der Waals surface area contributed by atoms with E-state index < -0.39 is 0 Å². The lowest BCUT2D eigenvalue weighted by molar-refractivity contribution is -0.133. The van der Waals surface area contributed by atoms with Crippen molar-refractivity contribution in [1.29, 1.82) is 0 Å². The lowest BCUT2D eigenvalue weighted by atomic mass is 10.0. The molecule has 2 aromatic heterocycles. The molecule has 1 N–H and O–H groups in total. The Morgan fingerprint density at radius 2 is 2.00 bits per heavy atom. The summed E-state index contributed by atoms with van der Waals surface area (Å²) in [5.74, 6) is 2.28. The van der Waals surface area contributed by atoms with Crippen LogP contribution in [-0.4, -0.2) is 17.5 Å². The van der Waals surface area contributed by atoms with E-state index in [1.54, 1.807) is 6.26 Å². The van der Waals surface area contributed by atoms with E-state index in [-0.39, 0.29) is 12.3 Å². The monoisotopic (exact) mass is 382 g/mol. The highest BCUT2D eigenvalue weighted by Crippen LogP contribution is 2.24. The first kappa shape index (κ1) is 19.9. The van der Waals surface area contributed by atoms with Crippen LogP contribution in [0.3, 0.4) is 0 Å². The molecule has 0 bridgehead atoms. The molecule has 148 valence electrons. The summed E-state index contributed by atoms with van der Waals surface area (Å²) < 4.78 is 11.0. The number of oxazole rings is 1. The second kappa shape index (κ2) is 9.37. The molecule has 0 spiro atoms. The zero-order valence-electron chi connectivity index (χ0n) is 16.5. The van der Waals surface area contributed by atoms with Gasteiger partial charge in [-0.3, -0.25) is 9.63 Å². The van der Waals surface area contributed by atoms with Crippen LogP contribution in [0.15, 0.2) is 51.5 Å². The third-order valence-electron chi connectivity index (χ3n) is 4.48. The minimum atomic E-state index is -0.254.